The van der Waals surface area contributed by atoms with Gasteiger partial charge in [-0.3, -0.25) is 4.79 Å². The predicted molar refractivity (Wildman–Crippen MR) is 89.1 cm³/mol. The van der Waals surface area contributed by atoms with Gasteiger partial charge >= 0.3 is 12.1 Å². The number of esters is 1. The maximum absolute atomic E-state index is 12.2. The highest BCUT2D eigenvalue weighted by Crippen LogP contribution is 2.21. The molecule has 1 aliphatic heterocycles. The van der Waals surface area contributed by atoms with Gasteiger partial charge in [-0.05, 0) is 27.7 Å². The second-order valence-electron chi connectivity index (χ2n) is 6.85. The van der Waals surface area contributed by atoms with Crippen LogP contribution >= 0.6 is 0 Å². The summed E-state index contributed by atoms with van der Waals surface area (Å²) in [5, 5.41) is 2.65. The molecule has 9 nitrogen and oxygen atoms in total. The maximum atomic E-state index is 12.2. The van der Waals surface area contributed by atoms with E-state index in [4.69, 9.17) is 9.47 Å². The number of hydrogen-bond acceptors (Lipinski definition) is 6. The number of aromatic nitrogens is 2. The summed E-state index contributed by atoms with van der Waals surface area (Å²) >= 11 is 0. The Morgan fingerprint density at radius 3 is 2.52 bits per heavy atom. The van der Waals surface area contributed by atoms with Crippen molar-refractivity contribution in [1.82, 2.24) is 14.5 Å². The van der Waals surface area contributed by atoms with Gasteiger partial charge in [-0.15, -0.1) is 0 Å². The van der Waals surface area contributed by atoms with Crippen LogP contribution in [-0.4, -0.2) is 57.7 Å². The Kier molecular flexibility index (Phi) is 5.34. The van der Waals surface area contributed by atoms with Crippen molar-refractivity contribution < 1.29 is 23.9 Å². The number of nitrogens with one attached hydrogen (secondary N) is 1. The molecule has 9 heteroatoms. The smallest absolute Gasteiger partial charge is 0.410 e. The Bertz CT molecular complexity index is 671. The van der Waals surface area contributed by atoms with Crippen LogP contribution in [0.4, 0.5) is 10.6 Å². The predicted octanol–water partition coefficient (Wildman–Crippen LogP) is 1.40. The number of ether oxygens (including phenoxy) is 2. The monoisotopic (exact) mass is 352 g/mol. The van der Waals surface area contributed by atoms with Crippen molar-refractivity contribution in [3.63, 3.8) is 0 Å². The minimum atomic E-state index is -0.568. The van der Waals surface area contributed by atoms with E-state index in [1.165, 1.54) is 15.7 Å². The second kappa shape index (κ2) is 7.12. The molecule has 2 amide bonds. The first kappa shape index (κ1) is 18.8. The average molecular weight is 352 g/mol. The van der Waals surface area contributed by atoms with Crippen molar-refractivity contribution in [2.45, 2.75) is 33.3 Å². The fourth-order valence-corrected chi connectivity index (χ4v) is 2.26. The summed E-state index contributed by atoms with van der Waals surface area (Å²) in [5.74, 6) is -0.758. The minimum Gasteiger partial charge on any atom is -0.460 e. The summed E-state index contributed by atoms with van der Waals surface area (Å²) in [6, 6.07) is 0. The van der Waals surface area contributed by atoms with Gasteiger partial charge in [0.15, 0.2) is 5.82 Å². The highest BCUT2D eigenvalue weighted by atomic mass is 16.6. The molecule has 1 aliphatic rings. The number of likely N-dealkylation sites (tertiary alicyclic amines) is 1. The number of carbonyl (C=O) groups is 3. The molecule has 1 saturated heterocycles. The SMILES string of the molecule is CCOC(=O)c1nc(NC(=O)C2CN(C(=O)OC(C)(C)C)C2)cn1C. The van der Waals surface area contributed by atoms with Crippen LogP contribution in [-0.2, 0) is 21.3 Å². The van der Waals surface area contributed by atoms with Crippen LogP contribution in [0, 0.1) is 5.92 Å². The normalized spacial score (nSPS) is 14.7. The van der Waals surface area contributed by atoms with Crippen molar-refractivity contribution in [3.05, 3.63) is 12.0 Å². The number of imidazole rings is 1. The third-order valence-electron chi connectivity index (χ3n) is 3.49. The molecule has 25 heavy (non-hydrogen) atoms. The van der Waals surface area contributed by atoms with Crippen molar-refractivity contribution in [2.24, 2.45) is 13.0 Å². The van der Waals surface area contributed by atoms with E-state index in [0.717, 1.165) is 0 Å². The molecular formula is C16H24N4O5. The molecule has 1 aromatic heterocycles. The molecule has 0 aliphatic carbocycles. The lowest BCUT2D eigenvalue weighted by Gasteiger charge is -2.38. The third-order valence-corrected chi connectivity index (χ3v) is 3.49. The van der Waals surface area contributed by atoms with Crippen LogP contribution in [0.1, 0.15) is 38.3 Å². The molecule has 1 N–H and O–H groups in total. The number of aryl methyl sites for hydroxylation is 1. The molecule has 1 fully saturated rings. The summed E-state index contributed by atoms with van der Waals surface area (Å²) in [6.07, 6.45) is 1.10. The Labute approximate surface area is 146 Å². The number of nitrogens with zero attached hydrogens (tertiary/aromatic N) is 3. The van der Waals surface area contributed by atoms with Gasteiger partial charge < -0.3 is 24.3 Å². The van der Waals surface area contributed by atoms with E-state index in [2.05, 4.69) is 10.3 Å². The number of amides is 2. The third kappa shape index (κ3) is 4.71. The maximum Gasteiger partial charge on any atom is 0.410 e. The van der Waals surface area contributed by atoms with E-state index in [9.17, 15) is 14.4 Å². The lowest BCUT2D eigenvalue weighted by molar-refractivity contribution is -0.124. The first-order valence-corrected chi connectivity index (χ1v) is 8.10. The second-order valence-corrected chi connectivity index (χ2v) is 6.85. The molecule has 0 saturated carbocycles. The van der Waals surface area contributed by atoms with Crippen LogP contribution in [0.2, 0.25) is 0 Å². The van der Waals surface area contributed by atoms with Crippen LogP contribution in [0.3, 0.4) is 0 Å². The zero-order valence-electron chi connectivity index (χ0n) is 15.2. The summed E-state index contributed by atoms with van der Waals surface area (Å²) < 4.78 is 11.6. The Morgan fingerprint density at radius 2 is 1.96 bits per heavy atom. The van der Waals surface area contributed by atoms with E-state index < -0.39 is 17.7 Å². The van der Waals surface area contributed by atoms with Gasteiger partial charge in [0, 0.05) is 26.3 Å². The van der Waals surface area contributed by atoms with E-state index in [1.54, 1.807) is 34.7 Å². The van der Waals surface area contributed by atoms with Crippen molar-refractivity contribution >= 4 is 23.8 Å². The van der Waals surface area contributed by atoms with Crippen LogP contribution in [0.5, 0.6) is 0 Å². The summed E-state index contributed by atoms with van der Waals surface area (Å²) in [6.45, 7) is 7.90. The first-order valence-electron chi connectivity index (χ1n) is 8.10. The topological polar surface area (TPSA) is 103 Å². The Morgan fingerprint density at radius 1 is 1.32 bits per heavy atom. The average Bonchev–Trinajstić information content (AvgIpc) is 2.75. The number of carbonyl (C=O) groups excluding carboxylic acids is 3. The highest BCUT2D eigenvalue weighted by molar-refractivity contribution is 5.94. The van der Waals surface area contributed by atoms with Crippen LogP contribution < -0.4 is 5.32 Å². The molecule has 138 valence electrons. The quantitative estimate of drug-likeness (QED) is 0.822. The van der Waals surface area contributed by atoms with Gasteiger partial charge in [0.05, 0.1) is 12.5 Å². The van der Waals surface area contributed by atoms with Gasteiger partial charge in [0.2, 0.25) is 11.7 Å². The molecule has 2 rings (SSSR count). The molecule has 1 aromatic rings. The van der Waals surface area contributed by atoms with E-state index in [0.29, 0.717) is 0 Å². The van der Waals surface area contributed by atoms with Gasteiger partial charge in [0.25, 0.3) is 0 Å². The standard InChI is InChI=1S/C16H24N4O5/c1-6-24-14(22)12-17-11(9-19(12)5)18-13(21)10-7-20(8-10)15(23)25-16(2,3)4/h9-10H,6-8H2,1-5H3,(H,18,21). The fraction of sp³-hybridized carbons (Fsp3) is 0.625. The van der Waals surface area contributed by atoms with Crippen LogP contribution in [0.15, 0.2) is 6.20 Å². The summed E-state index contributed by atoms with van der Waals surface area (Å²) in [5.41, 5.74) is -0.568. The summed E-state index contributed by atoms with van der Waals surface area (Å²) in [7, 11) is 1.64. The molecular weight excluding hydrogens is 328 g/mol. The Hall–Kier alpha value is -2.58. The molecule has 0 bridgehead atoms. The van der Waals surface area contributed by atoms with E-state index in [1.807, 2.05) is 0 Å². The zero-order valence-corrected chi connectivity index (χ0v) is 15.2. The van der Waals surface area contributed by atoms with Gasteiger partial charge in [0.1, 0.15) is 5.60 Å². The fourth-order valence-electron chi connectivity index (χ4n) is 2.26. The summed E-state index contributed by atoms with van der Waals surface area (Å²) in [4.78, 5) is 41.3. The zero-order chi connectivity index (χ0) is 18.8. The number of rotatable bonds is 4. The first-order chi connectivity index (χ1) is 11.6. The minimum absolute atomic E-state index is 0.112. The van der Waals surface area contributed by atoms with E-state index in [-0.39, 0.29) is 43.2 Å². The number of anilines is 1. The molecule has 0 unspecified atom stereocenters. The lowest BCUT2D eigenvalue weighted by atomic mass is 10.00. The molecule has 0 aromatic carbocycles. The number of hydrogen-bond donors (Lipinski definition) is 1. The highest BCUT2D eigenvalue weighted by Gasteiger charge is 2.38. The van der Waals surface area contributed by atoms with Crippen molar-refractivity contribution in [2.75, 3.05) is 25.0 Å². The Balaban J connectivity index is 1.87. The van der Waals surface area contributed by atoms with Gasteiger partial charge in [-0.1, -0.05) is 0 Å². The lowest BCUT2D eigenvalue weighted by Crippen LogP contribution is -2.55. The molecule has 2 heterocycles. The van der Waals surface area contributed by atoms with Crippen LogP contribution in [0.25, 0.3) is 0 Å². The largest absolute Gasteiger partial charge is 0.460 e. The van der Waals surface area contributed by atoms with E-state index >= 15 is 0 Å². The molecule has 0 spiro atoms. The van der Waals surface area contributed by atoms with Crippen molar-refractivity contribution in [3.8, 4) is 0 Å². The van der Waals surface area contributed by atoms with Crippen molar-refractivity contribution in [1.29, 1.82) is 0 Å². The van der Waals surface area contributed by atoms with Gasteiger partial charge in [-0.2, -0.15) is 0 Å². The molecule has 0 atom stereocenters. The molecule has 0 radical (unpaired) electrons. The van der Waals surface area contributed by atoms with Gasteiger partial charge in [-0.25, -0.2) is 14.6 Å².